The van der Waals surface area contributed by atoms with Crippen molar-refractivity contribution in [2.75, 3.05) is 11.5 Å². The van der Waals surface area contributed by atoms with Crippen LogP contribution in [0.1, 0.15) is 52.2 Å². The Hall–Kier alpha value is -3.00. The van der Waals surface area contributed by atoms with Crippen LogP contribution in [-0.4, -0.2) is 60.9 Å². The average Bonchev–Trinajstić information content (AvgIpc) is 3.58. The van der Waals surface area contributed by atoms with Crippen LogP contribution in [0.2, 0.25) is 5.02 Å². The second kappa shape index (κ2) is 12.1. The molecule has 2 aromatic heterocycles. The smallest absolute Gasteiger partial charge is 0.352 e. The third kappa shape index (κ3) is 6.13. The van der Waals surface area contributed by atoms with E-state index in [0.29, 0.717) is 33.6 Å². The summed E-state index contributed by atoms with van der Waals surface area (Å²) >= 11 is 10.5. The van der Waals surface area contributed by atoms with E-state index < -0.39 is 29.2 Å². The number of carbonyl (C=O) groups excluding carboxylic acids is 2. The van der Waals surface area contributed by atoms with E-state index in [1.807, 2.05) is 39.8 Å². The molecule has 4 heterocycles. The van der Waals surface area contributed by atoms with Crippen molar-refractivity contribution in [1.82, 2.24) is 20.4 Å². The van der Waals surface area contributed by atoms with Gasteiger partial charge in [0.2, 0.25) is 0 Å². The number of amides is 2. The van der Waals surface area contributed by atoms with Gasteiger partial charge in [-0.3, -0.25) is 14.5 Å². The third-order valence-electron chi connectivity index (χ3n) is 6.58. The number of ether oxygens (including phenoxy) is 1. The van der Waals surface area contributed by atoms with E-state index in [4.69, 9.17) is 20.8 Å². The lowest BCUT2D eigenvalue weighted by molar-refractivity contribution is -0.148. The first-order valence-corrected chi connectivity index (χ1v) is 15.9. The van der Waals surface area contributed by atoms with E-state index in [1.54, 1.807) is 6.07 Å². The number of carbonyl (C=O) groups is 3. The summed E-state index contributed by atoms with van der Waals surface area (Å²) < 4.78 is 12.4. The van der Waals surface area contributed by atoms with Crippen molar-refractivity contribution in [3.05, 3.63) is 68.2 Å². The van der Waals surface area contributed by atoms with Gasteiger partial charge >= 0.3 is 5.97 Å². The third-order valence-corrected chi connectivity index (χ3v) is 10.4. The Morgan fingerprint density at radius 1 is 1.29 bits per heavy atom. The largest absolute Gasteiger partial charge is 0.485 e. The molecule has 2 atom stereocenters. The van der Waals surface area contributed by atoms with Crippen LogP contribution in [0.25, 0.3) is 0 Å². The normalized spacial score (nSPS) is 18.4. The molecule has 10 nitrogen and oxygen atoms in total. The highest BCUT2D eigenvalue weighted by atomic mass is 35.5. The van der Waals surface area contributed by atoms with Gasteiger partial charge < -0.3 is 19.6 Å². The number of nitrogens with one attached hydrogen (secondary N) is 1. The lowest BCUT2D eigenvalue weighted by Crippen LogP contribution is -2.70. The molecular formula is C27H27ClN4O6S3. The molecule has 0 aliphatic carbocycles. The molecule has 2 aliphatic heterocycles. The maximum absolute atomic E-state index is 13.0. The predicted octanol–water partition coefficient (Wildman–Crippen LogP) is 5.25. The molecule has 2 aliphatic rings. The van der Waals surface area contributed by atoms with E-state index in [-0.39, 0.29) is 24.0 Å². The van der Waals surface area contributed by atoms with Crippen molar-refractivity contribution in [2.24, 2.45) is 0 Å². The van der Waals surface area contributed by atoms with Crippen LogP contribution in [0.5, 0.6) is 5.75 Å². The van der Waals surface area contributed by atoms with Crippen LogP contribution in [0.4, 0.5) is 0 Å². The molecule has 0 bridgehead atoms. The monoisotopic (exact) mass is 634 g/mol. The number of aryl methyl sites for hydroxylation is 2. The maximum Gasteiger partial charge on any atom is 0.352 e. The van der Waals surface area contributed by atoms with Gasteiger partial charge in [0.15, 0.2) is 10.1 Å². The minimum atomic E-state index is -1.18. The summed E-state index contributed by atoms with van der Waals surface area (Å²) in [5, 5.41) is 21.6. The molecule has 216 valence electrons. The number of thioether (sulfide) groups is 2. The Bertz CT molecular complexity index is 1550. The highest BCUT2D eigenvalue weighted by Gasteiger charge is 2.54. The topological polar surface area (TPSA) is 135 Å². The summed E-state index contributed by atoms with van der Waals surface area (Å²) in [4.78, 5) is 39.3. The zero-order valence-corrected chi connectivity index (χ0v) is 25.8. The van der Waals surface area contributed by atoms with Gasteiger partial charge in [-0.25, -0.2) is 4.79 Å². The first kappa shape index (κ1) is 29.5. The fourth-order valence-corrected chi connectivity index (χ4v) is 7.94. The van der Waals surface area contributed by atoms with E-state index in [0.717, 1.165) is 20.5 Å². The molecule has 1 aromatic carbocycles. The minimum Gasteiger partial charge on any atom is -0.485 e. The second-order valence-electron chi connectivity index (χ2n) is 9.84. The number of β-lactam (4-membered cyclic amide) rings is 1. The first-order valence-electron chi connectivity index (χ1n) is 12.7. The molecule has 1 fully saturated rings. The number of halogens is 1. The zero-order valence-electron chi connectivity index (χ0n) is 22.6. The van der Waals surface area contributed by atoms with Crippen LogP contribution in [0.15, 0.2) is 44.3 Å². The number of hydrogen-bond donors (Lipinski definition) is 2. The number of fused-ring (bicyclic) bond motifs is 1. The average molecular weight is 635 g/mol. The number of rotatable bonds is 10. The van der Waals surface area contributed by atoms with Crippen LogP contribution < -0.4 is 10.1 Å². The first-order chi connectivity index (χ1) is 19.5. The number of nitrogens with zero attached hydrogens (tertiary/aromatic N) is 3. The summed E-state index contributed by atoms with van der Waals surface area (Å²) in [6.45, 7) is 7.95. The van der Waals surface area contributed by atoms with Crippen molar-refractivity contribution in [3.63, 3.8) is 0 Å². The van der Waals surface area contributed by atoms with Gasteiger partial charge in [0.05, 0.1) is 0 Å². The summed E-state index contributed by atoms with van der Waals surface area (Å²) in [6.07, 6.45) is 0. The fourth-order valence-electron chi connectivity index (χ4n) is 4.47. The Morgan fingerprint density at radius 2 is 2.07 bits per heavy atom. The van der Waals surface area contributed by atoms with Gasteiger partial charge in [0.25, 0.3) is 11.8 Å². The number of hydrogen-bond acceptors (Lipinski definition) is 10. The fraction of sp³-hybridized carbons (Fsp3) is 0.370. The SMILES string of the molecule is Cc1nnc(SCC2=C(C(=O)O)N3C(=O)[C@H](NC(=O)c4ccc(COc5cc(C)c(Cl)cc5C(C)C)o4)[C@@H]3SC2)s1. The molecule has 1 saturated heterocycles. The standard InChI is InChI=1S/C27H27ClN4O6S3/c1-12(2)17-8-18(28)13(3)7-20(17)37-9-16-5-6-19(38-16)23(33)29-21-24(34)32-22(26(35)36)15(10-39-25(21)32)11-40-27-31-30-14(4)41-27/h5-8,12,21,25H,9-11H2,1-4H3,(H,29,33)(H,35,36)/t21-,25-/m0/s1. The second-order valence-corrected chi connectivity index (χ2v) is 13.8. The Labute approximate surface area is 253 Å². The molecule has 2 N–H and O–H groups in total. The molecule has 0 saturated carbocycles. The number of carboxylic acid groups (broad SMARTS) is 1. The number of carboxylic acids is 1. The summed E-state index contributed by atoms with van der Waals surface area (Å²) in [6, 6.07) is 6.08. The summed E-state index contributed by atoms with van der Waals surface area (Å²) in [5.41, 5.74) is 2.45. The quantitative estimate of drug-likeness (QED) is 0.225. The van der Waals surface area contributed by atoms with E-state index in [2.05, 4.69) is 15.5 Å². The molecule has 0 unspecified atom stereocenters. The lowest BCUT2D eigenvalue weighted by Gasteiger charge is -2.49. The van der Waals surface area contributed by atoms with Crippen molar-refractivity contribution >= 4 is 64.2 Å². The van der Waals surface area contributed by atoms with Crippen molar-refractivity contribution < 1.29 is 28.6 Å². The summed E-state index contributed by atoms with van der Waals surface area (Å²) in [5.74, 6) is -0.0580. The van der Waals surface area contributed by atoms with E-state index >= 15 is 0 Å². The highest BCUT2D eigenvalue weighted by molar-refractivity contribution is 8.01. The zero-order chi connectivity index (χ0) is 29.4. The van der Waals surface area contributed by atoms with Crippen molar-refractivity contribution in [3.8, 4) is 5.75 Å². The van der Waals surface area contributed by atoms with E-state index in [9.17, 15) is 19.5 Å². The molecule has 14 heteroatoms. The Kier molecular flexibility index (Phi) is 8.69. The highest BCUT2D eigenvalue weighted by Crippen LogP contribution is 2.42. The molecule has 5 rings (SSSR count). The van der Waals surface area contributed by atoms with Crippen LogP contribution in [0, 0.1) is 13.8 Å². The van der Waals surface area contributed by atoms with Crippen LogP contribution in [-0.2, 0) is 16.2 Å². The van der Waals surface area contributed by atoms with Crippen molar-refractivity contribution in [2.45, 2.75) is 56.0 Å². The lowest BCUT2D eigenvalue weighted by atomic mass is 10.0. The van der Waals surface area contributed by atoms with Gasteiger partial charge in [-0.1, -0.05) is 48.5 Å². The Balaban J connectivity index is 1.21. The van der Waals surface area contributed by atoms with E-state index in [1.165, 1.54) is 45.8 Å². The maximum atomic E-state index is 13.0. The minimum absolute atomic E-state index is 0.0328. The predicted molar refractivity (Wildman–Crippen MR) is 158 cm³/mol. The Morgan fingerprint density at radius 3 is 2.76 bits per heavy atom. The van der Waals surface area contributed by atoms with Gasteiger partial charge in [0.1, 0.15) is 40.2 Å². The number of aliphatic carboxylic acids is 1. The number of aromatic nitrogens is 2. The van der Waals surface area contributed by atoms with Gasteiger partial charge in [0, 0.05) is 16.5 Å². The van der Waals surface area contributed by atoms with Gasteiger partial charge in [-0.2, -0.15) is 0 Å². The van der Waals surface area contributed by atoms with Crippen LogP contribution >= 0.6 is 46.5 Å². The van der Waals surface area contributed by atoms with Gasteiger partial charge in [-0.15, -0.1) is 22.0 Å². The molecule has 41 heavy (non-hydrogen) atoms. The molecule has 0 spiro atoms. The molecule has 2 amide bonds. The number of benzene rings is 1. The summed E-state index contributed by atoms with van der Waals surface area (Å²) in [7, 11) is 0. The van der Waals surface area contributed by atoms with Crippen LogP contribution in [0.3, 0.4) is 0 Å². The molecular weight excluding hydrogens is 608 g/mol. The molecule has 3 aromatic rings. The molecule has 0 radical (unpaired) electrons. The number of furan rings is 1. The van der Waals surface area contributed by atoms with Gasteiger partial charge in [-0.05, 0) is 60.7 Å². The van der Waals surface area contributed by atoms with Crippen molar-refractivity contribution in [1.29, 1.82) is 0 Å².